The first-order chi connectivity index (χ1) is 11.8. The summed E-state index contributed by atoms with van der Waals surface area (Å²) in [7, 11) is -4.03. The van der Waals surface area contributed by atoms with Crippen LogP contribution in [0.5, 0.6) is 0 Å². The lowest BCUT2D eigenvalue weighted by Gasteiger charge is -2.56. The molecule has 6 nitrogen and oxygen atoms in total. The molecular weight excluding hydrogens is 345 g/mol. The van der Waals surface area contributed by atoms with E-state index in [9.17, 15) is 17.6 Å². The highest BCUT2D eigenvalue weighted by molar-refractivity contribution is 7.89. The van der Waals surface area contributed by atoms with Crippen molar-refractivity contribution < 1.29 is 17.6 Å². The first kappa shape index (κ1) is 16.9. The van der Waals surface area contributed by atoms with Crippen molar-refractivity contribution in [3.05, 3.63) is 24.3 Å². The standard InChI is InChI=1S/C17H22FN3O3S/c18-14-4-15(10-19-9-14)25(23,24)21-20-16(22)8-17-5-11-1-12(6-17)3-13(2-11)7-17/h4,9-13,21H,1-3,5-8H2,(H,20,22). The second-order valence-electron chi connectivity index (χ2n) is 8.09. The third-order valence-electron chi connectivity index (χ3n) is 6.02. The molecule has 25 heavy (non-hydrogen) atoms. The number of amides is 1. The average molecular weight is 367 g/mol. The number of nitrogens with one attached hydrogen (secondary N) is 2. The summed E-state index contributed by atoms with van der Waals surface area (Å²) in [5, 5.41) is 0. The molecular formula is C17H22FN3O3S. The van der Waals surface area contributed by atoms with Gasteiger partial charge < -0.3 is 0 Å². The molecule has 136 valence electrons. The lowest BCUT2D eigenvalue weighted by molar-refractivity contribution is -0.129. The number of halogens is 1. The van der Waals surface area contributed by atoms with Crippen molar-refractivity contribution in [2.75, 3.05) is 0 Å². The van der Waals surface area contributed by atoms with Crippen LogP contribution in [-0.4, -0.2) is 19.3 Å². The molecule has 0 radical (unpaired) electrons. The number of hydrogen-bond acceptors (Lipinski definition) is 4. The fraction of sp³-hybridized carbons (Fsp3) is 0.647. The molecule has 1 aromatic heterocycles. The first-order valence-electron chi connectivity index (χ1n) is 8.75. The largest absolute Gasteiger partial charge is 0.278 e. The van der Waals surface area contributed by atoms with Crippen molar-refractivity contribution in [2.24, 2.45) is 23.2 Å². The molecule has 0 saturated heterocycles. The maximum Gasteiger partial charge on any atom is 0.259 e. The van der Waals surface area contributed by atoms with Crippen molar-refractivity contribution in [1.82, 2.24) is 15.2 Å². The highest BCUT2D eigenvalue weighted by Crippen LogP contribution is 2.61. The zero-order valence-corrected chi connectivity index (χ0v) is 14.7. The maximum atomic E-state index is 13.1. The smallest absolute Gasteiger partial charge is 0.259 e. The molecule has 4 saturated carbocycles. The minimum Gasteiger partial charge on any atom is -0.278 e. The van der Waals surface area contributed by atoms with Crippen molar-refractivity contribution in [1.29, 1.82) is 0 Å². The molecule has 5 rings (SSSR count). The van der Waals surface area contributed by atoms with E-state index < -0.39 is 15.8 Å². The molecule has 4 fully saturated rings. The number of aromatic nitrogens is 1. The summed E-state index contributed by atoms with van der Waals surface area (Å²) in [5.41, 5.74) is 2.32. The average Bonchev–Trinajstić information content (AvgIpc) is 2.51. The van der Waals surface area contributed by atoms with Crippen LogP contribution < -0.4 is 10.3 Å². The molecule has 2 N–H and O–H groups in total. The van der Waals surface area contributed by atoms with Gasteiger partial charge >= 0.3 is 0 Å². The third kappa shape index (κ3) is 3.42. The molecule has 1 amide bonds. The van der Waals surface area contributed by atoms with E-state index in [0.29, 0.717) is 6.42 Å². The lowest BCUT2D eigenvalue weighted by atomic mass is 9.49. The van der Waals surface area contributed by atoms with Gasteiger partial charge in [-0.2, -0.15) is 0 Å². The summed E-state index contributed by atoms with van der Waals surface area (Å²) in [4.78, 5) is 17.6. The molecule has 0 atom stereocenters. The van der Waals surface area contributed by atoms with E-state index in [1.54, 1.807) is 0 Å². The number of hydrogen-bond donors (Lipinski definition) is 2. The first-order valence-corrected chi connectivity index (χ1v) is 10.2. The molecule has 0 spiro atoms. The minimum atomic E-state index is -4.03. The fourth-order valence-corrected chi connectivity index (χ4v) is 6.45. The topological polar surface area (TPSA) is 88.2 Å². The molecule has 1 heterocycles. The van der Waals surface area contributed by atoms with Crippen LogP contribution in [0.3, 0.4) is 0 Å². The van der Waals surface area contributed by atoms with Crippen molar-refractivity contribution in [2.45, 2.75) is 49.8 Å². The fourth-order valence-electron chi connectivity index (χ4n) is 5.61. The Hall–Kier alpha value is -1.54. The molecule has 4 aliphatic carbocycles. The van der Waals surface area contributed by atoms with Gasteiger partial charge in [0.1, 0.15) is 10.7 Å². The predicted octanol–water partition coefficient (Wildman–Crippen LogP) is 2.14. The summed E-state index contributed by atoms with van der Waals surface area (Å²) in [6.07, 6.45) is 9.41. The van der Waals surface area contributed by atoms with Crippen LogP contribution in [0, 0.1) is 29.0 Å². The maximum absolute atomic E-state index is 13.1. The van der Waals surface area contributed by atoms with E-state index in [1.807, 2.05) is 0 Å². The second-order valence-corrected chi connectivity index (χ2v) is 9.77. The van der Waals surface area contributed by atoms with Gasteiger partial charge in [-0.25, -0.2) is 12.8 Å². The van der Waals surface area contributed by atoms with E-state index >= 15 is 0 Å². The Morgan fingerprint density at radius 1 is 1.16 bits per heavy atom. The Morgan fingerprint density at radius 2 is 1.76 bits per heavy atom. The molecule has 0 aromatic carbocycles. The zero-order valence-electron chi connectivity index (χ0n) is 13.9. The Kier molecular flexibility index (Phi) is 4.07. The highest BCUT2D eigenvalue weighted by atomic mass is 32.2. The normalized spacial score (nSPS) is 33.4. The van der Waals surface area contributed by atoms with Crippen molar-refractivity contribution >= 4 is 15.9 Å². The molecule has 4 bridgehead atoms. The predicted molar refractivity (Wildman–Crippen MR) is 87.9 cm³/mol. The van der Waals surface area contributed by atoms with E-state index in [4.69, 9.17) is 0 Å². The summed E-state index contributed by atoms with van der Waals surface area (Å²) in [6, 6.07) is 0.862. The number of sulfonamides is 1. The zero-order chi connectivity index (χ0) is 17.7. The van der Waals surface area contributed by atoms with Gasteiger partial charge in [-0.15, -0.1) is 4.83 Å². The van der Waals surface area contributed by atoms with E-state index in [2.05, 4.69) is 15.2 Å². The van der Waals surface area contributed by atoms with Gasteiger partial charge in [-0.3, -0.25) is 15.2 Å². The van der Waals surface area contributed by atoms with E-state index in [0.717, 1.165) is 55.5 Å². The number of carbonyl (C=O) groups excluding carboxylic acids is 1. The Morgan fingerprint density at radius 3 is 2.32 bits per heavy atom. The van der Waals surface area contributed by atoms with Crippen LogP contribution in [0.2, 0.25) is 0 Å². The van der Waals surface area contributed by atoms with Crippen molar-refractivity contribution in [3.8, 4) is 0 Å². The molecule has 0 aliphatic heterocycles. The van der Waals surface area contributed by atoms with Gasteiger partial charge in [0, 0.05) is 12.6 Å². The number of carbonyl (C=O) groups is 1. The third-order valence-corrected chi connectivity index (χ3v) is 7.23. The number of pyridine rings is 1. The molecule has 4 aliphatic rings. The van der Waals surface area contributed by atoms with Gasteiger partial charge in [0.25, 0.3) is 10.0 Å². The summed E-state index contributed by atoms with van der Waals surface area (Å²) in [5.74, 6) is 1.12. The Bertz CT molecular complexity index is 761. The van der Waals surface area contributed by atoms with Crippen LogP contribution in [0.4, 0.5) is 4.39 Å². The van der Waals surface area contributed by atoms with Gasteiger partial charge in [0.2, 0.25) is 5.91 Å². The van der Waals surface area contributed by atoms with Gasteiger partial charge in [0.15, 0.2) is 0 Å². The molecule has 8 heteroatoms. The van der Waals surface area contributed by atoms with Gasteiger partial charge in [-0.05, 0) is 67.8 Å². The quantitative estimate of drug-likeness (QED) is 0.781. The summed E-state index contributed by atoms with van der Waals surface area (Å²) >= 11 is 0. The molecule has 0 unspecified atom stereocenters. The minimum absolute atomic E-state index is 0.0324. The van der Waals surface area contributed by atoms with Gasteiger partial charge in [0.05, 0.1) is 6.20 Å². The second kappa shape index (κ2) is 6.02. The van der Waals surface area contributed by atoms with Crippen LogP contribution in [0.15, 0.2) is 23.4 Å². The number of nitrogens with zero attached hydrogens (tertiary/aromatic N) is 1. The SMILES string of the molecule is O=C(CC12CC3CC(CC(C3)C1)C2)NNS(=O)(=O)c1cncc(F)c1. The Labute approximate surface area is 146 Å². The van der Waals surface area contributed by atoms with E-state index in [-0.39, 0.29) is 16.2 Å². The van der Waals surface area contributed by atoms with Crippen LogP contribution >= 0.6 is 0 Å². The van der Waals surface area contributed by atoms with Crippen LogP contribution in [0.1, 0.15) is 44.9 Å². The summed E-state index contributed by atoms with van der Waals surface area (Å²) in [6.45, 7) is 0. The van der Waals surface area contributed by atoms with E-state index in [1.165, 1.54) is 19.3 Å². The molecule has 1 aromatic rings. The van der Waals surface area contributed by atoms with Crippen LogP contribution in [-0.2, 0) is 14.8 Å². The number of hydrazine groups is 1. The monoisotopic (exact) mass is 367 g/mol. The van der Waals surface area contributed by atoms with Crippen molar-refractivity contribution in [3.63, 3.8) is 0 Å². The lowest BCUT2D eigenvalue weighted by Crippen LogP contribution is -2.50. The van der Waals surface area contributed by atoms with Gasteiger partial charge in [-0.1, -0.05) is 0 Å². The Balaban J connectivity index is 1.38. The van der Waals surface area contributed by atoms with Crippen LogP contribution in [0.25, 0.3) is 0 Å². The summed E-state index contributed by atoms with van der Waals surface area (Å²) < 4.78 is 37.4. The number of rotatable bonds is 5. The highest BCUT2D eigenvalue weighted by Gasteiger charge is 2.51.